The number of nitrogens with one attached hydrogen (secondary N) is 1. The number of nitrogens with two attached hydrogens (primary N) is 1. The molecule has 0 heterocycles. The van der Waals surface area contributed by atoms with Gasteiger partial charge in [-0.25, -0.2) is 8.42 Å². The predicted molar refractivity (Wildman–Crippen MR) is 70.1 cm³/mol. The lowest BCUT2D eigenvalue weighted by Gasteiger charge is -2.10. The van der Waals surface area contributed by atoms with Crippen LogP contribution in [0.2, 0.25) is 0 Å². The molecule has 100 valence electrons. The van der Waals surface area contributed by atoms with Gasteiger partial charge in [-0.15, -0.1) is 0 Å². The second kappa shape index (κ2) is 5.97. The van der Waals surface area contributed by atoms with Crippen molar-refractivity contribution in [3.8, 4) is 0 Å². The zero-order valence-corrected chi connectivity index (χ0v) is 11.3. The van der Waals surface area contributed by atoms with Gasteiger partial charge in [0.05, 0.1) is 4.90 Å². The second-order valence-electron chi connectivity index (χ2n) is 4.35. The normalized spacial score (nSPS) is 13.1. The van der Waals surface area contributed by atoms with Gasteiger partial charge in [0.25, 0.3) is 5.91 Å². The molecule has 5 nitrogen and oxygen atoms in total. The summed E-state index contributed by atoms with van der Waals surface area (Å²) in [7, 11) is -3.22. The Bertz CT molecular complexity index is 509. The highest BCUT2D eigenvalue weighted by Crippen LogP contribution is 2.10. The van der Waals surface area contributed by atoms with Crippen molar-refractivity contribution < 1.29 is 13.2 Å². The Morgan fingerprint density at radius 2 is 1.89 bits per heavy atom. The van der Waals surface area contributed by atoms with E-state index in [0.29, 0.717) is 18.7 Å². The largest absolute Gasteiger partial charge is 0.352 e. The SMILES string of the molecule is CC(CN)CNC(=O)c1ccc(S(C)(=O)=O)cc1. The third-order valence-electron chi connectivity index (χ3n) is 2.56. The quantitative estimate of drug-likeness (QED) is 0.811. The van der Waals surface area contributed by atoms with E-state index in [1.165, 1.54) is 24.3 Å². The number of benzene rings is 1. The van der Waals surface area contributed by atoms with Gasteiger partial charge in [-0.1, -0.05) is 6.92 Å². The summed E-state index contributed by atoms with van der Waals surface area (Å²) in [5.74, 6) is -0.0143. The monoisotopic (exact) mass is 270 g/mol. The summed E-state index contributed by atoms with van der Waals surface area (Å²) in [4.78, 5) is 11.9. The minimum absolute atomic E-state index is 0.203. The molecule has 1 aromatic carbocycles. The van der Waals surface area contributed by atoms with Crippen molar-refractivity contribution in [2.45, 2.75) is 11.8 Å². The van der Waals surface area contributed by atoms with E-state index in [2.05, 4.69) is 5.32 Å². The molecule has 6 heteroatoms. The third-order valence-corrected chi connectivity index (χ3v) is 3.69. The molecule has 1 atom stereocenters. The van der Waals surface area contributed by atoms with E-state index < -0.39 is 9.84 Å². The smallest absolute Gasteiger partial charge is 0.251 e. The third kappa shape index (κ3) is 4.12. The van der Waals surface area contributed by atoms with Crippen LogP contribution in [0.3, 0.4) is 0 Å². The summed E-state index contributed by atoms with van der Waals surface area (Å²) in [6.07, 6.45) is 1.13. The Labute approximate surface area is 107 Å². The lowest BCUT2D eigenvalue weighted by Crippen LogP contribution is -2.31. The second-order valence-corrected chi connectivity index (χ2v) is 6.36. The first-order chi connectivity index (χ1) is 8.34. The van der Waals surface area contributed by atoms with Gasteiger partial charge in [0.2, 0.25) is 0 Å². The Morgan fingerprint density at radius 1 is 1.33 bits per heavy atom. The maximum Gasteiger partial charge on any atom is 0.251 e. The van der Waals surface area contributed by atoms with Gasteiger partial charge in [0.15, 0.2) is 9.84 Å². The van der Waals surface area contributed by atoms with Crippen LogP contribution in [0.4, 0.5) is 0 Å². The molecule has 18 heavy (non-hydrogen) atoms. The highest BCUT2D eigenvalue weighted by molar-refractivity contribution is 7.90. The van der Waals surface area contributed by atoms with Crippen molar-refractivity contribution in [2.75, 3.05) is 19.3 Å². The molecule has 0 radical (unpaired) electrons. The first-order valence-corrected chi connectivity index (χ1v) is 7.52. The molecular weight excluding hydrogens is 252 g/mol. The van der Waals surface area contributed by atoms with Crippen LogP contribution in [0, 0.1) is 5.92 Å². The molecule has 3 N–H and O–H groups in total. The molecule has 1 aromatic rings. The van der Waals surface area contributed by atoms with E-state index in [1.807, 2.05) is 6.92 Å². The molecule has 0 aliphatic rings. The first-order valence-electron chi connectivity index (χ1n) is 5.63. The molecule has 0 saturated carbocycles. The van der Waals surface area contributed by atoms with Crippen LogP contribution in [-0.4, -0.2) is 33.7 Å². The van der Waals surface area contributed by atoms with E-state index in [0.717, 1.165) is 6.26 Å². The molecule has 0 aliphatic heterocycles. The van der Waals surface area contributed by atoms with E-state index in [4.69, 9.17) is 5.73 Å². The minimum Gasteiger partial charge on any atom is -0.352 e. The van der Waals surface area contributed by atoms with Crippen LogP contribution in [0.1, 0.15) is 17.3 Å². The first kappa shape index (κ1) is 14.7. The number of carbonyl (C=O) groups excluding carboxylic acids is 1. The number of hydrogen-bond acceptors (Lipinski definition) is 4. The summed E-state index contributed by atoms with van der Waals surface area (Å²) in [6.45, 7) is 2.95. The fourth-order valence-electron chi connectivity index (χ4n) is 1.31. The van der Waals surface area contributed by atoms with Crippen LogP contribution in [0.25, 0.3) is 0 Å². The molecule has 0 aromatic heterocycles. The van der Waals surface area contributed by atoms with Gasteiger partial charge in [0.1, 0.15) is 0 Å². The standard InChI is InChI=1S/C12H18N2O3S/c1-9(7-13)8-14-12(15)10-3-5-11(6-4-10)18(2,16)17/h3-6,9H,7-8,13H2,1-2H3,(H,14,15). The summed E-state index contributed by atoms with van der Waals surface area (Å²) in [6, 6.07) is 5.85. The lowest BCUT2D eigenvalue weighted by atomic mass is 10.1. The van der Waals surface area contributed by atoms with Crippen molar-refractivity contribution in [2.24, 2.45) is 11.7 Å². The maximum absolute atomic E-state index is 11.7. The van der Waals surface area contributed by atoms with Gasteiger partial charge in [0, 0.05) is 18.4 Å². The van der Waals surface area contributed by atoms with Crippen molar-refractivity contribution in [1.29, 1.82) is 0 Å². The number of rotatable bonds is 5. The highest BCUT2D eigenvalue weighted by atomic mass is 32.2. The molecular formula is C12H18N2O3S. The molecule has 1 unspecified atom stereocenters. The molecule has 1 amide bonds. The molecule has 1 rings (SSSR count). The minimum atomic E-state index is -3.22. The van der Waals surface area contributed by atoms with Crippen LogP contribution in [0.15, 0.2) is 29.2 Å². The van der Waals surface area contributed by atoms with E-state index in [9.17, 15) is 13.2 Å². The fraction of sp³-hybridized carbons (Fsp3) is 0.417. The van der Waals surface area contributed by atoms with E-state index in [1.54, 1.807) is 0 Å². The predicted octanol–water partition coefficient (Wildman–Crippen LogP) is 0.415. The Hall–Kier alpha value is -1.40. The molecule has 0 spiro atoms. The van der Waals surface area contributed by atoms with E-state index >= 15 is 0 Å². The van der Waals surface area contributed by atoms with Gasteiger partial charge >= 0.3 is 0 Å². The maximum atomic E-state index is 11.7. The highest BCUT2D eigenvalue weighted by Gasteiger charge is 2.10. The summed E-state index contributed by atoms with van der Waals surface area (Å²) in [5, 5.41) is 2.74. The summed E-state index contributed by atoms with van der Waals surface area (Å²) < 4.78 is 22.5. The van der Waals surface area contributed by atoms with Crippen molar-refractivity contribution in [1.82, 2.24) is 5.32 Å². The number of amides is 1. The zero-order chi connectivity index (χ0) is 13.8. The Kier molecular flexibility index (Phi) is 4.86. The molecule has 0 saturated heterocycles. The van der Waals surface area contributed by atoms with Gasteiger partial charge < -0.3 is 11.1 Å². The van der Waals surface area contributed by atoms with Gasteiger partial charge in [-0.05, 0) is 36.7 Å². The van der Waals surface area contributed by atoms with Crippen LogP contribution < -0.4 is 11.1 Å². The van der Waals surface area contributed by atoms with Gasteiger partial charge in [-0.2, -0.15) is 0 Å². The Morgan fingerprint density at radius 3 is 2.33 bits per heavy atom. The fourth-order valence-corrected chi connectivity index (χ4v) is 1.94. The van der Waals surface area contributed by atoms with Crippen molar-refractivity contribution >= 4 is 15.7 Å². The van der Waals surface area contributed by atoms with Crippen molar-refractivity contribution in [3.05, 3.63) is 29.8 Å². The van der Waals surface area contributed by atoms with Crippen LogP contribution in [0.5, 0.6) is 0 Å². The van der Waals surface area contributed by atoms with E-state index in [-0.39, 0.29) is 16.7 Å². The zero-order valence-electron chi connectivity index (χ0n) is 10.5. The molecule has 0 fully saturated rings. The number of carbonyl (C=O) groups is 1. The van der Waals surface area contributed by atoms with Crippen molar-refractivity contribution in [3.63, 3.8) is 0 Å². The molecule has 0 bridgehead atoms. The molecule has 0 aliphatic carbocycles. The number of hydrogen-bond donors (Lipinski definition) is 2. The van der Waals surface area contributed by atoms with Gasteiger partial charge in [-0.3, -0.25) is 4.79 Å². The topological polar surface area (TPSA) is 89.3 Å². The van der Waals surface area contributed by atoms with Crippen LogP contribution >= 0.6 is 0 Å². The lowest BCUT2D eigenvalue weighted by molar-refractivity contribution is 0.0948. The summed E-state index contributed by atoms with van der Waals surface area (Å²) in [5.41, 5.74) is 5.88. The summed E-state index contributed by atoms with van der Waals surface area (Å²) >= 11 is 0. The van der Waals surface area contributed by atoms with Crippen LogP contribution in [-0.2, 0) is 9.84 Å². The Balaban J connectivity index is 2.71. The average molecular weight is 270 g/mol. The number of sulfone groups is 1. The average Bonchev–Trinajstić information content (AvgIpc) is 2.34.